The van der Waals surface area contributed by atoms with Crippen LogP contribution in [0.3, 0.4) is 0 Å². The zero-order chi connectivity index (χ0) is 28.2. The van der Waals surface area contributed by atoms with E-state index in [9.17, 15) is 9.59 Å². The Hall–Kier alpha value is -3.13. The molecular weight excluding hydrogens is 504 g/mol. The molecule has 2 saturated heterocycles. The lowest BCUT2D eigenvalue weighted by molar-refractivity contribution is -0.136. The predicted molar refractivity (Wildman–Crippen MR) is 155 cm³/mol. The Morgan fingerprint density at radius 1 is 1.02 bits per heavy atom. The maximum Gasteiger partial charge on any atom is 0.320 e. The molecule has 0 bridgehead atoms. The molecule has 2 aliphatic heterocycles. The molecule has 1 saturated carbocycles. The van der Waals surface area contributed by atoms with Gasteiger partial charge in [0.2, 0.25) is 5.88 Å². The summed E-state index contributed by atoms with van der Waals surface area (Å²) >= 11 is 0. The van der Waals surface area contributed by atoms with Gasteiger partial charge < -0.3 is 19.6 Å². The first-order valence-corrected chi connectivity index (χ1v) is 15.0. The van der Waals surface area contributed by atoms with Crippen molar-refractivity contribution in [2.45, 2.75) is 96.8 Å². The summed E-state index contributed by atoms with van der Waals surface area (Å²) in [6.45, 7) is 10.3. The van der Waals surface area contributed by atoms with Crippen molar-refractivity contribution in [3.63, 3.8) is 0 Å². The molecule has 3 fully saturated rings. The topological polar surface area (TPSA) is 86.2 Å². The lowest BCUT2D eigenvalue weighted by atomic mass is 9.97. The van der Waals surface area contributed by atoms with Crippen molar-refractivity contribution in [2.75, 3.05) is 19.6 Å². The van der Waals surface area contributed by atoms with Crippen molar-refractivity contribution in [1.82, 2.24) is 19.7 Å². The summed E-state index contributed by atoms with van der Waals surface area (Å²) in [5.41, 5.74) is 2.87. The number of benzene rings is 1. The first-order valence-electron chi connectivity index (χ1n) is 15.0. The van der Waals surface area contributed by atoms with Gasteiger partial charge in [0.15, 0.2) is 0 Å². The van der Waals surface area contributed by atoms with Crippen molar-refractivity contribution in [3.8, 4) is 11.6 Å². The number of hydrogen-bond acceptors (Lipinski definition) is 5. The highest BCUT2D eigenvalue weighted by Gasteiger charge is 2.44. The predicted octanol–water partition coefficient (Wildman–Crippen LogP) is 5.87. The van der Waals surface area contributed by atoms with Gasteiger partial charge in [0.05, 0.1) is 12.5 Å². The summed E-state index contributed by atoms with van der Waals surface area (Å²) in [4.78, 5) is 36.2. The van der Waals surface area contributed by atoms with Gasteiger partial charge in [-0.15, -0.1) is 0 Å². The van der Waals surface area contributed by atoms with E-state index in [0.717, 1.165) is 56.7 Å². The second-order valence-corrected chi connectivity index (χ2v) is 12.3. The average Bonchev–Trinajstić information content (AvgIpc) is 3.55. The molecule has 8 nitrogen and oxygen atoms in total. The van der Waals surface area contributed by atoms with Crippen LogP contribution in [0.1, 0.15) is 75.6 Å². The van der Waals surface area contributed by atoms with E-state index in [2.05, 4.69) is 39.6 Å². The molecule has 3 heterocycles. The third-order valence-corrected chi connectivity index (χ3v) is 8.79. The number of carbonyl (C=O) groups excluding carboxylic acids is 1. The molecule has 1 aromatic carbocycles. The number of amides is 2. The average molecular weight is 549 g/mol. The first kappa shape index (κ1) is 28.4. The van der Waals surface area contributed by atoms with Gasteiger partial charge in [-0.05, 0) is 68.2 Å². The van der Waals surface area contributed by atoms with Crippen LogP contribution in [0.25, 0.3) is 0 Å². The van der Waals surface area contributed by atoms with E-state index in [0.29, 0.717) is 41.7 Å². The van der Waals surface area contributed by atoms with E-state index < -0.39 is 5.97 Å². The molecule has 1 atom stereocenters. The van der Waals surface area contributed by atoms with Crippen molar-refractivity contribution in [1.29, 1.82) is 0 Å². The fourth-order valence-corrected chi connectivity index (χ4v) is 6.76. The molecule has 1 aliphatic carbocycles. The molecule has 1 N–H and O–H groups in total. The zero-order valence-corrected chi connectivity index (χ0v) is 24.2. The van der Waals surface area contributed by atoms with E-state index >= 15 is 0 Å². The van der Waals surface area contributed by atoms with Gasteiger partial charge in [0, 0.05) is 50.0 Å². The van der Waals surface area contributed by atoms with Crippen molar-refractivity contribution in [3.05, 3.63) is 53.2 Å². The minimum Gasteiger partial charge on any atom is -0.481 e. The highest BCUT2D eigenvalue weighted by Crippen LogP contribution is 2.34. The molecule has 2 amide bonds. The minimum atomic E-state index is -0.850. The summed E-state index contributed by atoms with van der Waals surface area (Å²) in [5.74, 6) is 0.898. The first-order chi connectivity index (χ1) is 19.3. The lowest BCUT2D eigenvalue weighted by Gasteiger charge is -2.39. The molecule has 0 radical (unpaired) electrons. The summed E-state index contributed by atoms with van der Waals surface area (Å²) < 4.78 is 5.91. The summed E-state index contributed by atoms with van der Waals surface area (Å²) in [5, 5.41) is 8.94. The number of rotatable bonds is 10. The normalized spacial score (nSPS) is 21.1. The summed E-state index contributed by atoms with van der Waals surface area (Å²) in [6.07, 6.45) is 7.96. The molecule has 216 valence electrons. The number of pyridine rings is 1. The van der Waals surface area contributed by atoms with Crippen molar-refractivity contribution >= 4 is 12.0 Å². The van der Waals surface area contributed by atoms with E-state index in [1.54, 1.807) is 24.3 Å². The summed E-state index contributed by atoms with van der Waals surface area (Å²) in [7, 11) is 0. The Bertz CT molecular complexity index is 1170. The molecule has 40 heavy (non-hydrogen) atoms. The van der Waals surface area contributed by atoms with Crippen LogP contribution >= 0.6 is 0 Å². The van der Waals surface area contributed by atoms with Gasteiger partial charge in [-0.25, -0.2) is 9.78 Å². The number of piperidine rings is 1. The molecule has 2 aromatic rings. The minimum absolute atomic E-state index is 0.00461. The van der Waals surface area contributed by atoms with Gasteiger partial charge in [-0.2, -0.15) is 0 Å². The number of urea groups is 1. The van der Waals surface area contributed by atoms with E-state index in [1.807, 2.05) is 13.0 Å². The Labute approximate surface area is 238 Å². The second-order valence-electron chi connectivity index (χ2n) is 12.3. The van der Waals surface area contributed by atoms with Crippen LogP contribution in [0.15, 0.2) is 36.4 Å². The number of aryl methyl sites for hydroxylation is 1. The zero-order valence-electron chi connectivity index (χ0n) is 24.2. The Morgan fingerprint density at radius 3 is 2.35 bits per heavy atom. The molecule has 1 unspecified atom stereocenters. The SMILES string of the molecule is Cc1nc(Oc2ccc(CC(=O)O)cc2)ccc1CN1CCC(N2C(=O)N(C3CCCC3)CC2CC(C)C)CC1. The Balaban J connectivity index is 1.16. The van der Waals surface area contributed by atoms with Gasteiger partial charge in [-0.3, -0.25) is 9.69 Å². The van der Waals surface area contributed by atoms with E-state index in [-0.39, 0.29) is 6.42 Å². The van der Waals surface area contributed by atoms with Crippen molar-refractivity contribution < 1.29 is 19.4 Å². The highest BCUT2D eigenvalue weighted by atomic mass is 16.5. The maximum absolute atomic E-state index is 13.6. The van der Waals surface area contributed by atoms with Crippen LogP contribution in [0.5, 0.6) is 11.6 Å². The number of carbonyl (C=O) groups is 2. The van der Waals surface area contributed by atoms with Gasteiger partial charge >= 0.3 is 12.0 Å². The van der Waals surface area contributed by atoms with Gasteiger partial charge in [0.1, 0.15) is 5.75 Å². The lowest BCUT2D eigenvalue weighted by Crippen LogP contribution is -2.49. The Morgan fingerprint density at radius 2 is 1.73 bits per heavy atom. The molecule has 5 rings (SSSR count). The smallest absolute Gasteiger partial charge is 0.320 e. The fourth-order valence-electron chi connectivity index (χ4n) is 6.76. The molecule has 0 spiro atoms. The number of nitrogens with zero attached hydrogens (tertiary/aromatic N) is 4. The fraction of sp³-hybridized carbons (Fsp3) is 0.594. The molecule has 8 heteroatoms. The quantitative estimate of drug-likeness (QED) is 0.400. The van der Waals surface area contributed by atoms with Gasteiger partial charge in [0.25, 0.3) is 0 Å². The summed E-state index contributed by atoms with van der Waals surface area (Å²) in [6, 6.07) is 12.5. The van der Waals surface area contributed by atoms with Crippen LogP contribution in [0, 0.1) is 12.8 Å². The van der Waals surface area contributed by atoms with E-state index in [1.165, 1.54) is 31.2 Å². The van der Waals surface area contributed by atoms with Gasteiger partial charge in [-0.1, -0.05) is 44.9 Å². The van der Waals surface area contributed by atoms with Crippen LogP contribution in [-0.2, 0) is 17.8 Å². The van der Waals surface area contributed by atoms with Crippen LogP contribution in [0.4, 0.5) is 4.79 Å². The standard InChI is InChI=1S/C32H44N4O4/c1-22(2)18-28-21-35(26-6-4-5-7-26)32(39)36(28)27-14-16-34(17-15-27)20-25-10-13-30(33-23(25)3)40-29-11-8-24(9-12-29)19-31(37)38/h8-13,22,26-28H,4-7,14-21H2,1-3H3,(H,37,38). The monoisotopic (exact) mass is 548 g/mol. The number of aromatic nitrogens is 1. The number of hydrogen-bond donors (Lipinski definition) is 1. The highest BCUT2D eigenvalue weighted by molar-refractivity contribution is 5.78. The van der Waals surface area contributed by atoms with Crippen LogP contribution in [-0.4, -0.2) is 74.6 Å². The third kappa shape index (κ3) is 6.77. The second kappa shape index (κ2) is 12.6. The Kier molecular flexibility index (Phi) is 8.94. The number of aliphatic carboxylic acids is 1. The molecular formula is C32H44N4O4. The van der Waals surface area contributed by atoms with Crippen LogP contribution in [0.2, 0.25) is 0 Å². The maximum atomic E-state index is 13.6. The van der Waals surface area contributed by atoms with Crippen molar-refractivity contribution in [2.24, 2.45) is 5.92 Å². The number of carboxylic acid groups (broad SMARTS) is 1. The molecule has 3 aliphatic rings. The third-order valence-electron chi connectivity index (χ3n) is 8.79. The van der Waals surface area contributed by atoms with E-state index in [4.69, 9.17) is 9.84 Å². The largest absolute Gasteiger partial charge is 0.481 e. The number of likely N-dealkylation sites (tertiary alicyclic amines) is 1. The number of ether oxygens (including phenoxy) is 1. The number of carboxylic acids is 1. The molecule has 1 aromatic heterocycles. The van der Waals surface area contributed by atoms with Crippen LogP contribution < -0.4 is 4.74 Å².